The fourth-order valence-electron chi connectivity index (χ4n) is 3.76. The molecule has 6 heteroatoms. The maximum Gasteiger partial charge on any atom is 0.274 e. The molecule has 0 radical (unpaired) electrons. The summed E-state index contributed by atoms with van der Waals surface area (Å²) in [4.78, 5) is 15.0. The van der Waals surface area contributed by atoms with E-state index in [2.05, 4.69) is 5.32 Å². The summed E-state index contributed by atoms with van der Waals surface area (Å²) < 4.78 is 7.11. The zero-order valence-corrected chi connectivity index (χ0v) is 16.8. The van der Waals surface area contributed by atoms with Crippen LogP contribution in [0.5, 0.6) is 5.75 Å². The number of hydrogen-bond donors (Lipinski definition) is 1. The number of carbonyl (C=O) groups excluding carboxylic acids is 1. The molecule has 6 nitrogen and oxygen atoms in total. The van der Waals surface area contributed by atoms with Crippen molar-refractivity contribution in [3.63, 3.8) is 0 Å². The molecule has 4 rings (SSSR count). The second-order valence-electron chi connectivity index (χ2n) is 7.29. The van der Waals surface area contributed by atoms with Gasteiger partial charge in [0.25, 0.3) is 5.91 Å². The van der Waals surface area contributed by atoms with Crippen molar-refractivity contribution >= 4 is 5.91 Å². The number of ether oxygens (including phenoxy) is 1. The van der Waals surface area contributed by atoms with E-state index < -0.39 is 0 Å². The van der Waals surface area contributed by atoms with E-state index in [-0.39, 0.29) is 11.9 Å². The minimum atomic E-state index is -0.0404. The van der Waals surface area contributed by atoms with Gasteiger partial charge in [0.15, 0.2) is 5.69 Å². The molecule has 1 aromatic heterocycles. The highest BCUT2D eigenvalue weighted by Gasteiger charge is 2.26. The number of para-hydroxylation sites is 1. The molecule has 1 aliphatic rings. The van der Waals surface area contributed by atoms with Crippen LogP contribution in [0, 0.1) is 0 Å². The van der Waals surface area contributed by atoms with Crippen molar-refractivity contribution in [1.29, 1.82) is 0 Å². The molecule has 0 saturated carbocycles. The van der Waals surface area contributed by atoms with Gasteiger partial charge in [-0.1, -0.05) is 18.2 Å². The minimum Gasteiger partial charge on any atom is -0.497 e. The van der Waals surface area contributed by atoms with Crippen LogP contribution in [0.3, 0.4) is 0 Å². The number of benzene rings is 2. The smallest absolute Gasteiger partial charge is 0.274 e. The van der Waals surface area contributed by atoms with Gasteiger partial charge in [0, 0.05) is 18.7 Å². The van der Waals surface area contributed by atoms with Gasteiger partial charge in [-0.3, -0.25) is 4.79 Å². The topological polar surface area (TPSA) is 59.4 Å². The quantitative estimate of drug-likeness (QED) is 0.726. The van der Waals surface area contributed by atoms with Gasteiger partial charge >= 0.3 is 0 Å². The first-order chi connectivity index (χ1) is 14.2. The van der Waals surface area contributed by atoms with Crippen LogP contribution in [0.25, 0.3) is 16.9 Å². The van der Waals surface area contributed by atoms with Crippen molar-refractivity contribution in [3.05, 3.63) is 66.4 Å². The van der Waals surface area contributed by atoms with Crippen molar-refractivity contribution in [2.75, 3.05) is 27.2 Å². The first-order valence-electron chi connectivity index (χ1n) is 9.95. The fraction of sp³-hybridized carbons (Fsp3) is 0.304. The molecule has 0 atom stereocenters. The summed E-state index contributed by atoms with van der Waals surface area (Å²) in [5.41, 5.74) is 3.23. The summed E-state index contributed by atoms with van der Waals surface area (Å²) >= 11 is 0. The fourth-order valence-corrected chi connectivity index (χ4v) is 3.76. The van der Waals surface area contributed by atoms with E-state index in [1.54, 1.807) is 7.11 Å². The third kappa shape index (κ3) is 4.03. The van der Waals surface area contributed by atoms with E-state index in [4.69, 9.17) is 9.84 Å². The first-order valence-corrected chi connectivity index (χ1v) is 9.95. The summed E-state index contributed by atoms with van der Waals surface area (Å²) in [5, 5.41) is 8.04. The number of piperidine rings is 1. The Kier molecular flexibility index (Phi) is 5.62. The zero-order valence-electron chi connectivity index (χ0n) is 16.8. The number of nitrogens with one attached hydrogen (secondary N) is 1. The molecular formula is C23H26N4O2. The molecule has 2 heterocycles. The van der Waals surface area contributed by atoms with Gasteiger partial charge in [-0.2, -0.15) is 5.10 Å². The van der Waals surface area contributed by atoms with Gasteiger partial charge in [0.1, 0.15) is 5.75 Å². The van der Waals surface area contributed by atoms with Gasteiger partial charge in [-0.25, -0.2) is 4.68 Å². The molecule has 3 aromatic rings. The molecule has 150 valence electrons. The van der Waals surface area contributed by atoms with Crippen molar-refractivity contribution in [2.24, 2.45) is 0 Å². The van der Waals surface area contributed by atoms with Crippen LogP contribution in [0.2, 0.25) is 0 Å². The Morgan fingerprint density at radius 1 is 1.10 bits per heavy atom. The van der Waals surface area contributed by atoms with Crippen molar-refractivity contribution in [3.8, 4) is 22.7 Å². The van der Waals surface area contributed by atoms with Crippen LogP contribution in [0.4, 0.5) is 0 Å². The third-order valence-corrected chi connectivity index (χ3v) is 5.49. The zero-order chi connectivity index (χ0) is 20.2. The van der Waals surface area contributed by atoms with E-state index >= 15 is 0 Å². The standard InChI is InChI=1S/C23H26N4O2/c1-26(18-12-14-24-15-13-18)23(28)21-16-22(17-8-10-20(29-2)11-9-17)27(25-21)19-6-4-3-5-7-19/h3-11,16,18,24H,12-15H2,1-2H3. The molecule has 0 aliphatic carbocycles. The predicted molar refractivity (Wildman–Crippen MR) is 114 cm³/mol. The van der Waals surface area contributed by atoms with Gasteiger partial charge in [-0.15, -0.1) is 0 Å². The Hall–Kier alpha value is -3.12. The largest absolute Gasteiger partial charge is 0.497 e. The van der Waals surface area contributed by atoms with E-state index in [1.807, 2.05) is 77.3 Å². The molecule has 2 aromatic carbocycles. The van der Waals surface area contributed by atoms with Crippen LogP contribution in [-0.2, 0) is 0 Å². The van der Waals surface area contributed by atoms with Crippen LogP contribution in [-0.4, -0.2) is 53.9 Å². The van der Waals surface area contributed by atoms with E-state index in [1.165, 1.54) is 0 Å². The molecule has 0 bridgehead atoms. The molecule has 0 spiro atoms. The Morgan fingerprint density at radius 3 is 2.45 bits per heavy atom. The predicted octanol–water partition coefficient (Wildman–Crippen LogP) is 3.37. The maximum atomic E-state index is 13.2. The lowest BCUT2D eigenvalue weighted by Crippen LogP contribution is -2.44. The lowest BCUT2D eigenvalue weighted by molar-refractivity contribution is 0.0697. The van der Waals surface area contributed by atoms with Gasteiger partial charge in [0.2, 0.25) is 0 Å². The minimum absolute atomic E-state index is 0.0404. The van der Waals surface area contributed by atoms with Crippen LogP contribution in [0.1, 0.15) is 23.3 Å². The summed E-state index contributed by atoms with van der Waals surface area (Å²) in [6.07, 6.45) is 1.93. The maximum absolute atomic E-state index is 13.2. The second-order valence-corrected chi connectivity index (χ2v) is 7.29. The monoisotopic (exact) mass is 390 g/mol. The Bertz CT molecular complexity index is 960. The highest BCUT2D eigenvalue weighted by molar-refractivity contribution is 5.93. The van der Waals surface area contributed by atoms with Crippen LogP contribution in [0.15, 0.2) is 60.7 Å². The van der Waals surface area contributed by atoms with Crippen molar-refractivity contribution in [1.82, 2.24) is 20.0 Å². The molecule has 1 amide bonds. The van der Waals surface area contributed by atoms with Crippen LogP contribution >= 0.6 is 0 Å². The summed E-state index contributed by atoms with van der Waals surface area (Å²) in [7, 11) is 3.53. The van der Waals surface area contributed by atoms with Gasteiger partial charge < -0.3 is 15.0 Å². The molecule has 1 fully saturated rings. The molecule has 29 heavy (non-hydrogen) atoms. The third-order valence-electron chi connectivity index (χ3n) is 5.49. The van der Waals surface area contributed by atoms with E-state index in [0.29, 0.717) is 5.69 Å². The number of methoxy groups -OCH3 is 1. The summed E-state index contributed by atoms with van der Waals surface area (Å²) in [5.74, 6) is 0.753. The van der Waals surface area contributed by atoms with E-state index in [0.717, 1.165) is 48.6 Å². The lowest BCUT2D eigenvalue weighted by Gasteiger charge is -2.31. The summed E-state index contributed by atoms with van der Waals surface area (Å²) in [6.45, 7) is 1.88. The number of aromatic nitrogens is 2. The van der Waals surface area contributed by atoms with E-state index in [9.17, 15) is 4.79 Å². The van der Waals surface area contributed by atoms with Crippen LogP contribution < -0.4 is 10.1 Å². The van der Waals surface area contributed by atoms with Gasteiger partial charge in [0.05, 0.1) is 18.5 Å². The Labute approximate surface area is 171 Å². The highest BCUT2D eigenvalue weighted by Crippen LogP contribution is 2.27. The number of rotatable bonds is 5. The normalized spacial score (nSPS) is 14.6. The number of hydrogen-bond acceptors (Lipinski definition) is 4. The molecule has 1 aliphatic heterocycles. The summed E-state index contributed by atoms with van der Waals surface area (Å²) in [6, 6.07) is 19.8. The second kappa shape index (κ2) is 8.49. The lowest BCUT2D eigenvalue weighted by atomic mass is 10.0. The van der Waals surface area contributed by atoms with Crippen molar-refractivity contribution < 1.29 is 9.53 Å². The molecule has 1 N–H and O–H groups in total. The highest BCUT2D eigenvalue weighted by atomic mass is 16.5. The number of carbonyl (C=O) groups is 1. The number of nitrogens with zero attached hydrogens (tertiary/aromatic N) is 3. The Balaban J connectivity index is 1.71. The average Bonchev–Trinajstić information content (AvgIpc) is 3.25. The Morgan fingerprint density at radius 2 is 1.79 bits per heavy atom. The van der Waals surface area contributed by atoms with Gasteiger partial charge in [-0.05, 0) is 68.4 Å². The molecule has 0 unspecified atom stereocenters. The molecule has 1 saturated heterocycles. The molecular weight excluding hydrogens is 364 g/mol. The SMILES string of the molecule is COc1ccc(-c2cc(C(=O)N(C)C3CCNCC3)nn2-c2ccccc2)cc1. The average molecular weight is 390 g/mol. The van der Waals surface area contributed by atoms with Crippen molar-refractivity contribution in [2.45, 2.75) is 18.9 Å². The first kappa shape index (κ1) is 19.2. The number of amides is 1.